The predicted molar refractivity (Wildman–Crippen MR) is 172 cm³/mol. The lowest BCUT2D eigenvalue weighted by molar-refractivity contribution is -0.0328. The van der Waals surface area contributed by atoms with Crippen LogP contribution in [0.5, 0.6) is 11.5 Å². The molecule has 46 heavy (non-hydrogen) atoms. The summed E-state index contributed by atoms with van der Waals surface area (Å²) in [6.45, 7) is -1.09. The molecule has 0 unspecified atom stereocenters. The lowest BCUT2D eigenvalue weighted by Crippen LogP contribution is -2.30. The molecule has 0 radical (unpaired) electrons. The number of nitrogens with zero attached hydrogens (tertiary/aromatic N) is 1. The highest BCUT2D eigenvalue weighted by Gasteiger charge is 2.31. The zero-order valence-electron chi connectivity index (χ0n) is 22.9. The Morgan fingerprint density at radius 2 is 1.22 bits per heavy atom. The Morgan fingerprint density at radius 3 is 1.80 bits per heavy atom. The lowest BCUT2D eigenvalue weighted by atomic mass is 10.1. The largest absolute Gasteiger partial charge is 0.505 e. The average molecular weight is 776 g/mol. The number of halogens is 7. The second kappa shape index (κ2) is 14.4. The third-order valence-electron chi connectivity index (χ3n) is 6.20. The summed E-state index contributed by atoms with van der Waals surface area (Å²) in [5, 5.41) is 19.9. The summed E-state index contributed by atoms with van der Waals surface area (Å²) in [5.74, 6) is -1.47. The van der Waals surface area contributed by atoms with Crippen molar-refractivity contribution < 1.29 is 40.2 Å². The Bertz CT molecular complexity index is 2000. The second-order valence-electron chi connectivity index (χ2n) is 9.58. The standard InChI is InChI=1S/C28H21Cl4F3N2O6S3/c29-19-9-22(31)26(38)24(11-19)45(40,41)36-13-16-3-1-4-17(7-16)14-37(15-18-5-2-6-21(8-18)44-28(33,34)35)46(42,43)25-12-20(30)10-23(32)27(25)39/h1-12,36,38-39H,13-15H2. The smallest absolute Gasteiger partial charge is 0.446 e. The molecule has 0 aromatic heterocycles. The van der Waals surface area contributed by atoms with Crippen LogP contribution in [0.3, 0.4) is 0 Å². The van der Waals surface area contributed by atoms with Gasteiger partial charge in [0, 0.05) is 34.6 Å². The predicted octanol–water partition coefficient (Wildman–Crippen LogP) is 8.19. The monoisotopic (exact) mass is 774 g/mol. The zero-order valence-corrected chi connectivity index (χ0v) is 28.4. The van der Waals surface area contributed by atoms with E-state index in [9.17, 15) is 40.2 Å². The number of phenols is 2. The molecule has 0 atom stereocenters. The van der Waals surface area contributed by atoms with E-state index in [0.29, 0.717) is 11.1 Å². The molecule has 0 aliphatic carbocycles. The number of alkyl halides is 3. The maximum absolute atomic E-state index is 13.9. The Labute approximate surface area is 286 Å². The van der Waals surface area contributed by atoms with E-state index in [1.54, 1.807) is 12.1 Å². The third kappa shape index (κ3) is 9.14. The first kappa shape index (κ1) is 36.4. The van der Waals surface area contributed by atoms with E-state index >= 15 is 0 Å². The summed E-state index contributed by atoms with van der Waals surface area (Å²) in [4.78, 5) is -1.35. The van der Waals surface area contributed by atoms with Crippen molar-refractivity contribution in [1.82, 2.24) is 9.03 Å². The average Bonchev–Trinajstić information content (AvgIpc) is 2.95. The normalized spacial score (nSPS) is 12.5. The summed E-state index contributed by atoms with van der Waals surface area (Å²) in [5.41, 5.74) is -3.65. The van der Waals surface area contributed by atoms with Gasteiger partial charge in [-0.3, -0.25) is 0 Å². The van der Waals surface area contributed by atoms with E-state index in [0.717, 1.165) is 22.5 Å². The zero-order chi connectivity index (χ0) is 34.0. The first-order valence-electron chi connectivity index (χ1n) is 12.6. The molecule has 0 amide bonds. The second-order valence-corrected chi connectivity index (χ2v) is 16.0. The van der Waals surface area contributed by atoms with Gasteiger partial charge in [0.15, 0.2) is 11.5 Å². The molecule has 246 valence electrons. The fraction of sp³-hybridized carbons (Fsp3) is 0.143. The quantitative estimate of drug-likeness (QED) is 0.131. The van der Waals surface area contributed by atoms with Gasteiger partial charge in [-0.1, -0.05) is 82.8 Å². The van der Waals surface area contributed by atoms with E-state index in [1.807, 2.05) is 0 Å². The minimum Gasteiger partial charge on any atom is -0.505 e. The molecule has 8 nitrogen and oxygen atoms in total. The molecule has 0 heterocycles. The highest BCUT2D eigenvalue weighted by atomic mass is 35.5. The van der Waals surface area contributed by atoms with Gasteiger partial charge in [0.2, 0.25) is 20.0 Å². The summed E-state index contributed by atoms with van der Waals surface area (Å²) in [6.07, 6.45) is 0. The van der Waals surface area contributed by atoms with E-state index in [4.69, 9.17) is 46.4 Å². The van der Waals surface area contributed by atoms with Crippen molar-refractivity contribution in [2.75, 3.05) is 0 Å². The van der Waals surface area contributed by atoms with E-state index in [-0.39, 0.29) is 55.4 Å². The molecule has 4 aromatic carbocycles. The first-order valence-corrected chi connectivity index (χ1v) is 17.9. The van der Waals surface area contributed by atoms with E-state index in [2.05, 4.69) is 4.72 Å². The highest BCUT2D eigenvalue weighted by molar-refractivity contribution is 8.00. The van der Waals surface area contributed by atoms with Crippen molar-refractivity contribution in [1.29, 1.82) is 0 Å². The minimum atomic E-state index is -4.60. The van der Waals surface area contributed by atoms with Crippen LogP contribution in [0.15, 0.2) is 87.5 Å². The molecular formula is C28H21Cl4F3N2O6S3. The number of aromatic hydroxyl groups is 2. The van der Waals surface area contributed by atoms with Crippen molar-refractivity contribution in [3.8, 4) is 11.5 Å². The lowest BCUT2D eigenvalue weighted by Gasteiger charge is -2.24. The Morgan fingerprint density at radius 1 is 0.717 bits per heavy atom. The van der Waals surface area contributed by atoms with E-state index in [1.165, 1.54) is 42.5 Å². The van der Waals surface area contributed by atoms with Crippen molar-refractivity contribution in [2.24, 2.45) is 0 Å². The molecule has 0 fully saturated rings. The van der Waals surface area contributed by atoms with Crippen molar-refractivity contribution >= 4 is 78.2 Å². The van der Waals surface area contributed by atoms with Crippen LogP contribution in [0, 0.1) is 0 Å². The van der Waals surface area contributed by atoms with Crippen LogP contribution < -0.4 is 4.72 Å². The maximum Gasteiger partial charge on any atom is 0.446 e. The van der Waals surface area contributed by atoms with Gasteiger partial charge in [-0.25, -0.2) is 21.6 Å². The number of thioether (sulfide) groups is 1. The number of sulfonamides is 2. The molecule has 0 bridgehead atoms. The molecule has 18 heteroatoms. The molecule has 4 aromatic rings. The Balaban J connectivity index is 1.67. The third-order valence-corrected chi connectivity index (χ3v) is 11.2. The van der Waals surface area contributed by atoms with Crippen LogP contribution in [0.25, 0.3) is 0 Å². The molecule has 4 rings (SSSR count). The van der Waals surface area contributed by atoms with Crippen molar-refractivity contribution in [3.63, 3.8) is 0 Å². The fourth-order valence-electron chi connectivity index (χ4n) is 4.19. The summed E-state index contributed by atoms with van der Waals surface area (Å²) in [7, 11) is -8.91. The molecule has 0 saturated heterocycles. The van der Waals surface area contributed by atoms with Crippen molar-refractivity contribution in [2.45, 2.75) is 39.8 Å². The van der Waals surface area contributed by atoms with Crippen LogP contribution in [-0.4, -0.2) is 36.9 Å². The number of phenolic OH excluding ortho intramolecular Hbond substituents is 2. The summed E-state index contributed by atoms with van der Waals surface area (Å²) < 4.78 is 95.8. The molecule has 0 aliphatic rings. The van der Waals surface area contributed by atoms with Crippen LogP contribution in [0.2, 0.25) is 20.1 Å². The fourth-order valence-corrected chi connectivity index (χ4v) is 8.75. The van der Waals surface area contributed by atoms with Gasteiger partial charge in [-0.2, -0.15) is 17.5 Å². The van der Waals surface area contributed by atoms with E-state index < -0.39 is 53.4 Å². The molecular weight excluding hydrogens is 755 g/mol. The summed E-state index contributed by atoms with van der Waals surface area (Å²) in [6, 6.07) is 15.6. The minimum absolute atomic E-state index is 0.0268. The van der Waals surface area contributed by atoms with Crippen LogP contribution in [0.4, 0.5) is 13.2 Å². The van der Waals surface area contributed by atoms with Crippen LogP contribution in [0.1, 0.15) is 16.7 Å². The van der Waals surface area contributed by atoms with Gasteiger partial charge < -0.3 is 10.2 Å². The first-order chi connectivity index (χ1) is 21.4. The Kier molecular flexibility index (Phi) is 11.4. The Hall–Kier alpha value is -2.40. The van der Waals surface area contributed by atoms with Gasteiger partial charge in [-0.05, 0) is 64.9 Å². The molecule has 0 saturated carbocycles. The summed E-state index contributed by atoms with van der Waals surface area (Å²) >= 11 is 23.4. The van der Waals surface area contributed by atoms with Gasteiger partial charge >= 0.3 is 5.51 Å². The number of nitrogens with one attached hydrogen (secondary N) is 1. The number of rotatable bonds is 11. The van der Waals surface area contributed by atoms with Gasteiger partial charge in [0.25, 0.3) is 0 Å². The number of hydrogen-bond acceptors (Lipinski definition) is 7. The van der Waals surface area contributed by atoms with Gasteiger partial charge in [0.1, 0.15) is 9.79 Å². The van der Waals surface area contributed by atoms with Crippen LogP contribution in [-0.2, 0) is 39.7 Å². The molecule has 3 N–H and O–H groups in total. The highest BCUT2D eigenvalue weighted by Crippen LogP contribution is 2.39. The molecule has 0 spiro atoms. The van der Waals surface area contributed by atoms with Crippen molar-refractivity contribution in [3.05, 3.63) is 110 Å². The van der Waals surface area contributed by atoms with Crippen LogP contribution >= 0.6 is 58.2 Å². The molecule has 0 aliphatic heterocycles. The maximum atomic E-state index is 13.9. The van der Waals surface area contributed by atoms with Gasteiger partial charge in [-0.15, -0.1) is 0 Å². The topological polar surface area (TPSA) is 124 Å². The van der Waals surface area contributed by atoms with Gasteiger partial charge in [0.05, 0.1) is 10.0 Å². The number of hydrogen-bond donors (Lipinski definition) is 3. The number of benzene rings is 4. The SMILES string of the molecule is O=S(=O)(NCc1cccc(CN(Cc2cccc(SC(F)(F)F)c2)S(=O)(=O)c2cc(Cl)cc(Cl)c2O)c1)c1cc(Cl)cc(Cl)c1O.